The number of aromatic nitrogens is 1. The van der Waals surface area contributed by atoms with E-state index in [2.05, 4.69) is 5.32 Å². The van der Waals surface area contributed by atoms with E-state index in [1.54, 1.807) is 6.07 Å². The predicted octanol–water partition coefficient (Wildman–Crippen LogP) is 3.36. The summed E-state index contributed by atoms with van der Waals surface area (Å²) in [6, 6.07) is 5.98. The highest BCUT2D eigenvalue weighted by Gasteiger charge is 2.38. The lowest BCUT2D eigenvalue weighted by Gasteiger charge is -2.35. The Hall–Kier alpha value is -4.08. The number of carbonyl (C=O) groups is 2. The van der Waals surface area contributed by atoms with Crippen molar-refractivity contribution >= 4 is 17.5 Å². The molecule has 0 aliphatic carbocycles. The Bertz CT molecular complexity index is 1440. The number of anilines is 1. The summed E-state index contributed by atoms with van der Waals surface area (Å²) in [5, 5.41) is 13.0. The van der Waals surface area contributed by atoms with E-state index >= 15 is 0 Å². The molecule has 1 atom stereocenters. The molecule has 0 saturated heterocycles. The van der Waals surface area contributed by atoms with E-state index in [4.69, 9.17) is 0 Å². The molecule has 2 amide bonds. The first-order valence-corrected chi connectivity index (χ1v) is 11.0. The summed E-state index contributed by atoms with van der Waals surface area (Å²) >= 11 is 0. The van der Waals surface area contributed by atoms with E-state index in [0.717, 1.165) is 17.7 Å². The molecule has 3 heterocycles. The van der Waals surface area contributed by atoms with Gasteiger partial charge < -0.3 is 19.9 Å². The Morgan fingerprint density at radius 2 is 1.86 bits per heavy atom. The van der Waals surface area contributed by atoms with Crippen molar-refractivity contribution in [1.29, 1.82) is 0 Å². The van der Waals surface area contributed by atoms with Gasteiger partial charge in [-0.2, -0.15) is 0 Å². The van der Waals surface area contributed by atoms with Crippen molar-refractivity contribution in [1.82, 2.24) is 9.88 Å². The normalized spacial score (nSPS) is 16.4. The molecule has 2 bridgehead atoms. The summed E-state index contributed by atoms with van der Waals surface area (Å²) in [4.78, 5) is 40.2. The first-order chi connectivity index (χ1) is 16.7. The van der Waals surface area contributed by atoms with Crippen LogP contribution in [-0.2, 0) is 13.0 Å². The SMILES string of the molecule is Cc1cc(F)c(CNC(=O)c2cn3c(c(O)c2=O)C(=O)N2CC3CCc3ccc(F)cc32)c(F)c1. The summed E-state index contributed by atoms with van der Waals surface area (Å²) in [6.45, 7) is 1.16. The van der Waals surface area contributed by atoms with Crippen LogP contribution in [-0.4, -0.2) is 28.0 Å². The number of fused-ring (bicyclic) bond motifs is 6. The second kappa shape index (κ2) is 8.30. The minimum Gasteiger partial charge on any atom is -0.503 e. The van der Waals surface area contributed by atoms with Crippen molar-refractivity contribution in [2.75, 3.05) is 11.4 Å². The zero-order valence-electron chi connectivity index (χ0n) is 18.6. The Balaban J connectivity index is 1.50. The first kappa shape index (κ1) is 22.7. The van der Waals surface area contributed by atoms with Crippen molar-refractivity contribution in [2.45, 2.75) is 32.4 Å². The molecule has 180 valence electrons. The Kier molecular flexibility index (Phi) is 5.38. The predicted molar refractivity (Wildman–Crippen MR) is 120 cm³/mol. The molecule has 2 aliphatic heterocycles. The summed E-state index contributed by atoms with van der Waals surface area (Å²) in [7, 11) is 0. The molecule has 2 aromatic carbocycles. The molecular weight excluding hydrogens is 463 g/mol. The van der Waals surface area contributed by atoms with Gasteiger partial charge in [-0.3, -0.25) is 14.4 Å². The maximum Gasteiger partial charge on any atom is 0.279 e. The molecule has 0 fully saturated rings. The summed E-state index contributed by atoms with van der Waals surface area (Å²) in [6.07, 6.45) is 2.19. The van der Waals surface area contributed by atoms with Gasteiger partial charge in [0.15, 0.2) is 11.4 Å². The van der Waals surface area contributed by atoms with E-state index in [0.29, 0.717) is 24.1 Å². The third-order valence-corrected chi connectivity index (χ3v) is 6.49. The van der Waals surface area contributed by atoms with Crippen molar-refractivity contribution in [3.63, 3.8) is 0 Å². The highest BCUT2D eigenvalue weighted by molar-refractivity contribution is 6.08. The number of nitrogens with zero attached hydrogens (tertiary/aromatic N) is 2. The van der Waals surface area contributed by atoms with Crippen LogP contribution in [0.2, 0.25) is 0 Å². The quantitative estimate of drug-likeness (QED) is 0.598. The second-order valence-electron chi connectivity index (χ2n) is 8.75. The number of carbonyl (C=O) groups excluding carboxylic acids is 2. The van der Waals surface area contributed by atoms with E-state index in [1.807, 2.05) is 0 Å². The first-order valence-electron chi connectivity index (χ1n) is 11.0. The van der Waals surface area contributed by atoms with Crippen LogP contribution in [0.4, 0.5) is 18.9 Å². The van der Waals surface area contributed by atoms with Crippen LogP contribution in [0.5, 0.6) is 5.75 Å². The van der Waals surface area contributed by atoms with Gasteiger partial charge in [0.25, 0.3) is 11.8 Å². The van der Waals surface area contributed by atoms with Gasteiger partial charge in [-0.15, -0.1) is 0 Å². The average molecular weight is 483 g/mol. The molecule has 0 spiro atoms. The topological polar surface area (TPSA) is 91.6 Å². The minimum atomic E-state index is -1.09. The number of nitrogens with one attached hydrogen (secondary N) is 1. The van der Waals surface area contributed by atoms with Gasteiger partial charge >= 0.3 is 0 Å². The molecule has 7 nitrogen and oxygen atoms in total. The third kappa shape index (κ3) is 3.74. The molecule has 0 radical (unpaired) electrons. The number of amides is 2. The second-order valence-corrected chi connectivity index (χ2v) is 8.75. The Labute approximate surface area is 197 Å². The lowest BCUT2D eigenvalue weighted by molar-refractivity contribution is 0.0929. The number of rotatable bonds is 3. The van der Waals surface area contributed by atoms with E-state index < -0.39 is 58.6 Å². The summed E-state index contributed by atoms with van der Waals surface area (Å²) in [5.74, 6) is -4.75. The van der Waals surface area contributed by atoms with Gasteiger partial charge in [-0.25, -0.2) is 13.2 Å². The van der Waals surface area contributed by atoms with Crippen molar-refractivity contribution in [3.05, 3.63) is 92.2 Å². The van der Waals surface area contributed by atoms with Gasteiger partial charge in [-0.1, -0.05) is 6.07 Å². The van der Waals surface area contributed by atoms with Gasteiger partial charge in [0.2, 0.25) is 5.43 Å². The zero-order chi connectivity index (χ0) is 25.0. The van der Waals surface area contributed by atoms with Gasteiger partial charge in [0.1, 0.15) is 23.0 Å². The molecule has 5 rings (SSSR count). The monoisotopic (exact) mass is 483 g/mol. The smallest absolute Gasteiger partial charge is 0.279 e. The molecule has 3 aromatic rings. The molecule has 2 aliphatic rings. The van der Waals surface area contributed by atoms with Gasteiger partial charge in [-0.05, 0) is 55.2 Å². The van der Waals surface area contributed by atoms with Crippen LogP contribution >= 0.6 is 0 Å². The molecule has 10 heteroatoms. The number of benzene rings is 2. The fourth-order valence-electron chi connectivity index (χ4n) is 4.71. The fourth-order valence-corrected chi connectivity index (χ4v) is 4.71. The lowest BCUT2D eigenvalue weighted by Crippen LogP contribution is -2.44. The summed E-state index contributed by atoms with van der Waals surface area (Å²) < 4.78 is 43.5. The van der Waals surface area contributed by atoms with E-state index in [1.165, 1.54) is 34.7 Å². The number of halogens is 3. The maximum absolute atomic E-state index is 14.1. The molecular formula is C25H20F3N3O4. The molecule has 2 N–H and O–H groups in total. The van der Waals surface area contributed by atoms with Crippen molar-refractivity contribution < 1.29 is 27.9 Å². The molecule has 1 aromatic heterocycles. The molecule has 0 saturated carbocycles. The molecule has 35 heavy (non-hydrogen) atoms. The number of hydrogen-bond donors (Lipinski definition) is 2. The van der Waals surface area contributed by atoms with Gasteiger partial charge in [0.05, 0.1) is 11.7 Å². The average Bonchev–Trinajstić information content (AvgIpc) is 2.96. The maximum atomic E-state index is 14.1. The van der Waals surface area contributed by atoms with Crippen LogP contribution < -0.4 is 15.6 Å². The summed E-state index contributed by atoms with van der Waals surface area (Å²) in [5.41, 5.74) is -0.724. The minimum absolute atomic E-state index is 0.158. The highest BCUT2D eigenvalue weighted by atomic mass is 19.1. The van der Waals surface area contributed by atoms with Crippen LogP contribution in [0.25, 0.3) is 0 Å². The van der Waals surface area contributed by atoms with Crippen LogP contribution in [0.1, 0.15) is 50.0 Å². The van der Waals surface area contributed by atoms with Crippen molar-refractivity contribution in [2.24, 2.45) is 0 Å². The van der Waals surface area contributed by atoms with Crippen LogP contribution in [0.15, 0.2) is 41.3 Å². The van der Waals surface area contributed by atoms with Gasteiger partial charge in [0, 0.05) is 24.8 Å². The standard InChI is InChI=1S/C25H20F3N3O4/c1-12-6-18(27)16(19(28)7-12)9-29-24(34)17-11-30-15-5-3-13-2-4-14(26)8-20(13)31(10-15)25(35)21(30)23(33)22(17)32/h2,4,6-8,11,15,33H,3,5,9-10H2,1H3,(H,29,34). The lowest BCUT2D eigenvalue weighted by atomic mass is 10.0. The Morgan fingerprint density at radius 1 is 1.14 bits per heavy atom. The molecule has 1 unspecified atom stereocenters. The number of hydrogen-bond acceptors (Lipinski definition) is 4. The number of aromatic hydroxyl groups is 1. The van der Waals surface area contributed by atoms with Crippen LogP contribution in [0, 0.1) is 24.4 Å². The Morgan fingerprint density at radius 3 is 2.57 bits per heavy atom. The van der Waals surface area contributed by atoms with E-state index in [-0.39, 0.29) is 17.8 Å². The van der Waals surface area contributed by atoms with Crippen LogP contribution in [0.3, 0.4) is 0 Å². The van der Waals surface area contributed by atoms with E-state index in [9.17, 15) is 32.7 Å². The number of pyridine rings is 1. The number of aryl methyl sites for hydroxylation is 2. The zero-order valence-corrected chi connectivity index (χ0v) is 18.6. The fraction of sp³-hybridized carbons (Fsp3) is 0.240. The largest absolute Gasteiger partial charge is 0.503 e. The highest BCUT2D eigenvalue weighted by Crippen LogP contribution is 2.37. The third-order valence-electron chi connectivity index (χ3n) is 6.49. The van der Waals surface area contributed by atoms with Crippen molar-refractivity contribution in [3.8, 4) is 5.75 Å².